The van der Waals surface area contributed by atoms with Crippen LogP contribution in [0, 0.1) is 0 Å². The van der Waals surface area contributed by atoms with Crippen LogP contribution < -0.4 is 10.2 Å². The standard InChI is InChI=1S/C15H12N2O2/c1-2-17-12-8-4-3-7-11(12)16-14-10(15(18)19)6-5-9-13(14)17/h2-9,16H,1H2,(H,18,19). The van der Waals surface area contributed by atoms with Crippen molar-refractivity contribution in [2.45, 2.75) is 0 Å². The number of carboxylic acid groups (broad SMARTS) is 1. The number of aromatic carboxylic acids is 1. The summed E-state index contributed by atoms with van der Waals surface area (Å²) in [6, 6.07) is 12.9. The first-order valence-corrected chi connectivity index (χ1v) is 5.86. The Morgan fingerprint density at radius 2 is 1.89 bits per heavy atom. The number of benzene rings is 2. The molecule has 1 aliphatic rings. The van der Waals surface area contributed by atoms with E-state index < -0.39 is 5.97 Å². The van der Waals surface area contributed by atoms with Crippen LogP contribution in [0.1, 0.15) is 10.4 Å². The minimum absolute atomic E-state index is 0.249. The SMILES string of the molecule is C=CN1c2ccccc2Nc2c(C(=O)O)cccc21. The van der Waals surface area contributed by atoms with Gasteiger partial charge in [-0.3, -0.25) is 0 Å². The topological polar surface area (TPSA) is 52.6 Å². The molecule has 0 amide bonds. The van der Waals surface area contributed by atoms with E-state index in [2.05, 4.69) is 11.9 Å². The van der Waals surface area contributed by atoms with E-state index in [9.17, 15) is 9.90 Å². The van der Waals surface area contributed by atoms with E-state index in [1.165, 1.54) is 0 Å². The molecule has 2 aromatic carbocycles. The molecule has 0 saturated heterocycles. The zero-order valence-electron chi connectivity index (χ0n) is 10.1. The first-order valence-electron chi connectivity index (χ1n) is 5.86. The first kappa shape index (κ1) is 11.3. The summed E-state index contributed by atoms with van der Waals surface area (Å²) in [5, 5.41) is 12.4. The van der Waals surface area contributed by atoms with Crippen molar-refractivity contribution >= 4 is 28.7 Å². The predicted octanol–water partition coefficient (Wildman–Crippen LogP) is 3.72. The van der Waals surface area contributed by atoms with Crippen LogP contribution >= 0.6 is 0 Å². The van der Waals surface area contributed by atoms with Gasteiger partial charge in [0, 0.05) is 6.20 Å². The second kappa shape index (κ2) is 4.17. The highest BCUT2D eigenvalue weighted by Gasteiger charge is 2.24. The number of nitrogens with one attached hydrogen (secondary N) is 1. The number of carbonyl (C=O) groups is 1. The monoisotopic (exact) mass is 252 g/mol. The van der Waals surface area contributed by atoms with Gasteiger partial charge < -0.3 is 15.3 Å². The number of para-hydroxylation sites is 3. The third-order valence-electron chi connectivity index (χ3n) is 3.14. The molecule has 0 aliphatic carbocycles. The minimum Gasteiger partial charge on any atom is -0.478 e. The molecule has 0 spiro atoms. The van der Waals surface area contributed by atoms with Crippen molar-refractivity contribution in [1.82, 2.24) is 0 Å². The lowest BCUT2D eigenvalue weighted by Gasteiger charge is -2.31. The summed E-state index contributed by atoms with van der Waals surface area (Å²) in [6.07, 6.45) is 1.68. The van der Waals surface area contributed by atoms with Gasteiger partial charge in [0.05, 0.1) is 28.3 Å². The van der Waals surface area contributed by atoms with Gasteiger partial charge in [0.25, 0.3) is 0 Å². The van der Waals surface area contributed by atoms with Crippen molar-refractivity contribution in [3.05, 3.63) is 60.8 Å². The summed E-state index contributed by atoms with van der Waals surface area (Å²) in [7, 11) is 0. The van der Waals surface area contributed by atoms with Gasteiger partial charge >= 0.3 is 5.97 Å². The molecule has 0 aromatic heterocycles. The van der Waals surface area contributed by atoms with Gasteiger partial charge in [-0.05, 0) is 24.3 Å². The first-order chi connectivity index (χ1) is 9.22. The smallest absolute Gasteiger partial charge is 0.337 e. The molecule has 0 saturated carbocycles. The van der Waals surface area contributed by atoms with E-state index in [4.69, 9.17) is 0 Å². The van der Waals surface area contributed by atoms with Crippen LogP contribution in [0.5, 0.6) is 0 Å². The van der Waals surface area contributed by atoms with Gasteiger partial charge in [-0.15, -0.1) is 0 Å². The minimum atomic E-state index is -0.951. The molecule has 4 nitrogen and oxygen atoms in total. The summed E-state index contributed by atoms with van der Waals surface area (Å²) in [6.45, 7) is 3.81. The Morgan fingerprint density at radius 1 is 1.16 bits per heavy atom. The molecule has 0 atom stereocenters. The summed E-state index contributed by atoms with van der Waals surface area (Å²) in [5.41, 5.74) is 3.44. The number of carboxylic acids is 1. The van der Waals surface area contributed by atoms with Crippen molar-refractivity contribution in [2.75, 3.05) is 10.2 Å². The summed E-state index contributed by atoms with van der Waals surface area (Å²) in [4.78, 5) is 13.2. The molecular weight excluding hydrogens is 240 g/mol. The fourth-order valence-corrected chi connectivity index (χ4v) is 2.30. The molecule has 4 heteroatoms. The maximum atomic E-state index is 11.3. The molecule has 0 bridgehead atoms. The van der Waals surface area contributed by atoms with Crippen LogP contribution in [0.4, 0.5) is 22.7 Å². The van der Waals surface area contributed by atoms with Crippen molar-refractivity contribution in [3.63, 3.8) is 0 Å². The summed E-state index contributed by atoms with van der Waals surface area (Å²) >= 11 is 0. The number of fused-ring (bicyclic) bond motifs is 2. The van der Waals surface area contributed by atoms with Crippen LogP contribution in [0.25, 0.3) is 0 Å². The second-order valence-electron chi connectivity index (χ2n) is 4.20. The summed E-state index contributed by atoms with van der Waals surface area (Å²) in [5.74, 6) is -0.951. The molecule has 1 heterocycles. The lowest BCUT2D eigenvalue weighted by molar-refractivity contribution is 0.0698. The predicted molar refractivity (Wildman–Crippen MR) is 75.5 cm³/mol. The largest absolute Gasteiger partial charge is 0.478 e. The number of rotatable bonds is 2. The lowest BCUT2D eigenvalue weighted by atomic mass is 10.1. The molecule has 2 aromatic rings. The Bertz CT molecular complexity index is 680. The molecule has 0 unspecified atom stereocenters. The zero-order valence-corrected chi connectivity index (χ0v) is 10.1. The van der Waals surface area contributed by atoms with E-state index in [0.717, 1.165) is 17.1 Å². The van der Waals surface area contributed by atoms with Gasteiger partial charge in [0.15, 0.2) is 0 Å². The van der Waals surface area contributed by atoms with E-state index in [1.807, 2.05) is 35.2 Å². The molecule has 1 aliphatic heterocycles. The molecule has 19 heavy (non-hydrogen) atoms. The Balaban J connectivity index is 2.25. The van der Waals surface area contributed by atoms with Crippen molar-refractivity contribution < 1.29 is 9.90 Å². The normalized spacial score (nSPS) is 12.1. The molecule has 3 rings (SSSR count). The molecule has 0 fully saturated rings. The maximum Gasteiger partial charge on any atom is 0.337 e. The molecule has 0 radical (unpaired) electrons. The van der Waals surface area contributed by atoms with E-state index in [0.29, 0.717) is 5.69 Å². The lowest BCUT2D eigenvalue weighted by Crippen LogP contribution is -2.18. The van der Waals surface area contributed by atoms with Crippen molar-refractivity contribution in [2.24, 2.45) is 0 Å². The van der Waals surface area contributed by atoms with Crippen LogP contribution in [0.15, 0.2) is 55.2 Å². The highest BCUT2D eigenvalue weighted by Crippen LogP contribution is 2.44. The number of nitrogens with zero attached hydrogens (tertiary/aromatic N) is 1. The maximum absolute atomic E-state index is 11.3. The highest BCUT2D eigenvalue weighted by molar-refractivity contribution is 6.03. The van der Waals surface area contributed by atoms with Gasteiger partial charge in [-0.25, -0.2) is 4.79 Å². The van der Waals surface area contributed by atoms with Gasteiger partial charge in [0.2, 0.25) is 0 Å². The third kappa shape index (κ3) is 1.65. The number of hydrogen-bond donors (Lipinski definition) is 2. The quantitative estimate of drug-likeness (QED) is 0.855. The van der Waals surface area contributed by atoms with Crippen LogP contribution in [0.2, 0.25) is 0 Å². The Morgan fingerprint density at radius 3 is 2.63 bits per heavy atom. The van der Waals surface area contributed by atoms with Gasteiger partial charge in [0.1, 0.15) is 0 Å². The molecule has 94 valence electrons. The Hall–Kier alpha value is -2.75. The van der Waals surface area contributed by atoms with E-state index in [1.54, 1.807) is 18.3 Å². The van der Waals surface area contributed by atoms with Crippen LogP contribution in [0.3, 0.4) is 0 Å². The highest BCUT2D eigenvalue weighted by atomic mass is 16.4. The van der Waals surface area contributed by atoms with Crippen LogP contribution in [-0.2, 0) is 0 Å². The van der Waals surface area contributed by atoms with Crippen molar-refractivity contribution in [1.29, 1.82) is 0 Å². The average Bonchev–Trinajstić information content (AvgIpc) is 2.43. The van der Waals surface area contributed by atoms with E-state index >= 15 is 0 Å². The van der Waals surface area contributed by atoms with Crippen molar-refractivity contribution in [3.8, 4) is 0 Å². The molecular formula is C15H12N2O2. The molecule has 2 N–H and O–H groups in total. The third-order valence-corrected chi connectivity index (χ3v) is 3.14. The number of anilines is 4. The summed E-state index contributed by atoms with van der Waals surface area (Å²) < 4.78 is 0. The average molecular weight is 252 g/mol. The second-order valence-corrected chi connectivity index (χ2v) is 4.20. The fraction of sp³-hybridized carbons (Fsp3) is 0. The van der Waals surface area contributed by atoms with Crippen LogP contribution in [-0.4, -0.2) is 11.1 Å². The fourth-order valence-electron chi connectivity index (χ4n) is 2.30. The zero-order chi connectivity index (χ0) is 13.4. The Kier molecular flexibility index (Phi) is 2.49. The Labute approximate surface area is 110 Å². The number of hydrogen-bond acceptors (Lipinski definition) is 3. The van der Waals surface area contributed by atoms with Gasteiger partial charge in [-0.2, -0.15) is 0 Å². The van der Waals surface area contributed by atoms with E-state index in [-0.39, 0.29) is 5.56 Å². The van der Waals surface area contributed by atoms with Gasteiger partial charge in [-0.1, -0.05) is 24.8 Å².